The highest BCUT2D eigenvalue weighted by atomic mass is 127. The highest BCUT2D eigenvalue weighted by molar-refractivity contribution is 14.0. The van der Waals surface area contributed by atoms with Gasteiger partial charge in [-0.2, -0.15) is 11.8 Å². The minimum atomic E-state index is 0. The van der Waals surface area contributed by atoms with Crippen molar-refractivity contribution < 1.29 is 0 Å². The fraction of sp³-hybridized carbons (Fsp3) is 0.579. The molecule has 0 atom stereocenters. The van der Waals surface area contributed by atoms with Gasteiger partial charge in [0.2, 0.25) is 0 Å². The number of rotatable bonds is 4. The van der Waals surface area contributed by atoms with Crippen LogP contribution in [0.15, 0.2) is 29.3 Å². The number of thioether (sulfide) groups is 1. The van der Waals surface area contributed by atoms with Crippen molar-refractivity contribution in [3.8, 4) is 0 Å². The van der Waals surface area contributed by atoms with E-state index in [1.54, 1.807) is 0 Å². The van der Waals surface area contributed by atoms with Gasteiger partial charge in [0.05, 0.1) is 11.0 Å². The van der Waals surface area contributed by atoms with Gasteiger partial charge in [0.15, 0.2) is 5.96 Å². The molecule has 2 heterocycles. The van der Waals surface area contributed by atoms with Gasteiger partial charge >= 0.3 is 0 Å². The Balaban J connectivity index is 0.00000243. The zero-order chi connectivity index (χ0) is 17.9. The molecule has 0 saturated carbocycles. The molecule has 1 aromatic heterocycles. The monoisotopic (exact) mass is 487 g/mol. The van der Waals surface area contributed by atoms with E-state index in [1.165, 1.54) is 5.52 Å². The third-order valence-electron chi connectivity index (χ3n) is 4.62. The minimum Gasteiger partial charge on any atom is -0.356 e. The molecule has 1 fully saturated rings. The van der Waals surface area contributed by atoms with Gasteiger partial charge in [0.25, 0.3) is 0 Å². The van der Waals surface area contributed by atoms with Crippen LogP contribution in [0.4, 0.5) is 0 Å². The number of hydrogen-bond donors (Lipinski definition) is 1. The summed E-state index contributed by atoms with van der Waals surface area (Å²) in [6.45, 7) is 10.7. The van der Waals surface area contributed by atoms with E-state index in [1.807, 2.05) is 24.9 Å². The Morgan fingerprint density at radius 1 is 1.35 bits per heavy atom. The van der Waals surface area contributed by atoms with Crippen LogP contribution in [0.5, 0.6) is 0 Å². The Hall–Kier alpha value is -0.960. The maximum absolute atomic E-state index is 4.64. The molecule has 1 saturated heterocycles. The van der Waals surface area contributed by atoms with Crippen LogP contribution in [0.1, 0.15) is 26.1 Å². The number of guanidine groups is 1. The van der Waals surface area contributed by atoms with Crippen molar-refractivity contribution >= 4 is 52.7 Å². The molecule has 1 N–H and O–H groups in total. The van der Waals surface area contributed by atoms with Crippen molar-refractivity contribution in [3.63, 3.8) is 0 Å². The van der Waals surface area contributed by atoms with E-state index in [2.05, 4.69) is 63.7 Å². The molecule has 2 aromatic rings. The first-order valence-corrected chi connectivity index (χ1v) is 10.0. The van der Waals surface area contributed by atoms with Gasteiger partial charge in [0, 0.05) is 43.7 Å². The maximum Gasteiger partial charge on any atom is 0.193 e. The highest BCUT2D eigenvalue weighted by Crippen LogP contribution is 2.29. The Morgan fingerprint density at radius 2 is 2.12 bits per heavy atom. The molecule has 0 radical (unpaired) electrons. The van der Waals surface area contributed by atoms with Crippen LogP contribution >= 0.6 is 35.7 Å². The van der Waals surface area contributed by atoms with E-state index in [9.17, 15) is 0 Å². The van der Waals surface area contributed by atoms with Crippen molar-refractivity contribution in [2.24, 2.45) is 4.99 Å². The van der Waals surface area contributed by atoms with Crippen LogP contribution in [0, 0.1) is 6.92 Å². The van der Waals surface area contributed by atoms with Crippen LogP contribution in [0.25, 0.3) is 11.0 Å². The molecular weight excluding hydrogens is 457 g/mol. The van der Waals surface area contributed by atoms with Crippen LogP contribution < -0.4 is 5.32 Å². The zero-order valence-corrected chi connectivity index (χ0v) is 19.3. The predicted octanol–water partition coefficient (Wildman–Crippen LogP) is 3.76. The van der Waals surface area contributed by atoms with E-state index < -0.39 is 0 Å². The lowest BCUT2D eigenvalue weighted by atomic mass is 10.2. The molecule has 0 spiro atoms. The lowest BCUT2D eigenvalue weighted by Crippen LogP contribution is -2.51. The molecule has 3 rings (SSSR count). The van der Waals surface area contributed by atoms with Crippen molar-refractivity contribution in [1.82, 2.24) is 19.8 Å². The molecule has 0 unspecified atom stereocenters. The number of nitrogens with zero attached hydrogens (tertiary/aromatic N) is 4. The predicted molar refractivity (Wildman–Crippen MR) is 124 cm³/mol. The molecule has 144 valence electrons. The molecular formula is C19H30IN5S. The molecule has 5 nitrogen and oxygen atoms in total. The number of aromatic nitrogens is 2. The zero-order valence-electron chi connectivity index (χ0n) is 16.2. The van der Waals surface area contributed by atoms with E-state index in [0.29, 0.717) is 4.75 Å². The summed E-state index contributed by atoms with van der Waals surface area (Å²) in [7, 11) is 1.88. The fourth-order valence-electron chi connectivity index (χ4n) is 3.45. The second-order valence-electron chi connectivity index (χ2n) is 7.16. The van der Waals surface area contributed by atoms with E-state index in [-0.39, 0.29) is 24.0 Å². The summed E-state index contributed by atoms with van der Waals surface area (Å²) in [5.41, 5.74) is 2.30. The second-order valence-corrected chi connectivity index (χ2v) is 8.96. The first kappa shape index (κ1) is 21.3. The van der Waals surface area contributed by atoms with E-state index in [0.717, 1.165) is 55.7 Å². The number of imidazole rings is 1. The van der Waals surface area contributed by atoms with Gasteiger partial charge in [-0.3, -0.25) is 4.99 Å². The number of halogens is 1. The first-order valence-electron chi connectivity index (χ1n) is 9.01. The average molecular weight is 487 g/mol. The van der Waals surface area contributed by atoms with Crippen LogP contribution in [-0.2, 0) is 6.54 Å². The standard InChI is InChI=1S/C19H29N5S.HI/c1-15-22-16-8-5-6-9-17(16)24(15)11-7-10-21-18(20-4)23-12-13-25-19(2,3)14-23;/h5-6,8-9H,7,10-14H2,1-4H3,(H,20,21);1H. The number of aryl methyl sites for hydroxylation is 2. The SMILES string of the molecule is CN=C(NCCCn1c(C)nc2ccccc21)N1CCSC(C)(C)C1.I. The van der Waals surface area contributed by atoms with Crippen LogP contribution in [-0.4, -0.2) is 57.6 Å². The van der Waals surface area contributed by atoms with Gasteiger partial charge in [-0.05, 0) is 39.3 Å². The number of benzene rings is 1. The second kappa shape index (κ2) is 9.30. The number of fused-ring (bicyclic) bond motifs is 1. The summed E-state index contributed by atoms with van der Waals surface area (Å²) in [5.74, 6) is 3.27. The largest absolute Gasteiger partial charge is 0.356 e. The smallest absolute Gasteiger partial charge is 0.193 e. The number of hydrogen-bond acceptors (Lipinski definition) is 3. The summed E-state index contributed by atoms with van der Waals surface area (Å²) in [4.78, 5) is 11.5. The highest BCUT2D eigenvalue weighted by Gasteiger charge is 2.28. The minimum absolute atomic E-state index is 0. The number of para-hydroxylation sites is 2. The van der Waals surface area contributed by atoms with E-state index in [4.69, 9.17) is 0 Å². The van der Waals surface area contributed by atoms with Gasteiger partial charge in [-0.15, -0.1) is 24.0 Å². The summed E-state index contributed by atoms with van der Waals surface area (Å²) in [5, 5.41) is 3.54. The van der Waals surface area contributed by atoms with Crippen LogP contribution in [0.2, 0.25) is 0 Å². The summed E-state index contributed by atoms with van der Waals surface area (Å²) < 4.78 is 2.60. The normalized spacial score (nSPS) is 17.2. The fourth-order valence-corrected chi connectivity index (χ4v) is 4.56. The number of aliphatic imine (C=N–C) groups is 1. The topological polar surface area (TPSA) is 45.5 Å². The molecule has 1 aliphatic rings. The van der Waals surface area contributed by atoms with Crippen molar-refractivity contribution in [3.05, 3.63) is 30.1 Å². The van der Waals surface area contributed by atoms with Crippen molar-refractivity contribution in [2.45, 2.75) is 38.5 Å². The van der Waals surface area contributed by atoms with E-state index >= 15 is 0 Å². The molecule has 1 aliphatic heterocycles. The maximum atomic E-state index is 4.64. The van der Waals surface area contributed by atoms with Crippen LogP contribution in [0.3, 0.4) is 0 Å². The molecule has 0 bridgehead atoms. The van der Waals surface area contributed by atoms with Gasteiger partial charge in [0.1, 0.15) is 5.82 Å². The van der Waals surface area contributed by atoms with Crippen molar-refractivity contribution in [2.75, 3.05) is 32.4 Å². The first-order chi connectivity index (χ1) is 12.0. The number of nitrogens with one attached hydrogen (secondary N) is 1. The van der Waals surface area contributed by atoms with Crippen molar-refractivity contribution in [1.29, 1.82) is 0 Å². The van der Waals surface area contributed by atoms with Gasteiger partial charge < -0.3 is 14.8 Å². The lowest BCUT2D eigenvalue weighted by molar-refractivity contribution is 0.375. The lowest BCUT2D eigenvalue weighted by Gasteiger charge is -2.39. The molecule has 0 amide bonds. The Labute approximate surface area is 178 Å². The van der Waals surface area contributed by atoms with Gasteiger partial charge in [-0.1, -0.05) is 12.1 Å². The third kappa shape index (κ3) is 5.06. The molecule has 7 heteroatoms. The quantitative estimate of drug-likeness (QED) is 0.309. The molecule has 1 aromatic carbocycles. The third-order valence-corrected chi connectivity index (χ3v) is 5.92. The molecule has 0 aliphatic carbocycles. The summed E-state index contributed by atoms with van der Waals surface area (Å²) in [6.07, 6.45) is 1.05. The average Bonchev–Trinajstić information content (AvgIpc) is 2.89. The summed E-state index contributed by atoms with van der Waals surface area (Å²) >= 11 is 2.05. The Morgan fingerprint density at radius 3 is 2.85 bits per heavy atom. The summed E-state index contributed by atoms with van der Waals surface area (Å²) in [6, 6.07) is 8.35. The Kier molecular flexibility index (Phi) is 7.63. The Bertz CT molecular complexity index is 755. The molecule has 26 heavy (non-hydrogen) atoms. The van der Waals surface area contributed by atoms with Gasteiger partial charge in [-0.25, -0.2) is 4.98 Å².